The van der Waals surface area contributed by atoms with Crippen molar-refractivity contribution in [3.8, 4) is 0 Å². The molecule has 0 atom stereocenters. The lowest BCUT2D eigenvalue weighted by Gasteiger charge is -2.09. The third-order valence-corrected chi connectivity index (χ3v) is 3.95. The van der Waals surface area contributed by atoms with E-state index in [4.69, 9.17) is 0 Å². The van der Waals surface area contributed by atoms with Crippen molar-refractivity contribution >= 4 is 22.6 Å². The van der Waals surface area contributed by atoms with E-state index < -0.39 is 0 Å². The fraction of sp³-hybridized carbons (Fsp3) is 0.353. The van der Waals surface area contributed by atoms with E-state index in [2.05, 4.69) is 22.4 Å². The lowest BCUT2D eigenvalue weighted by Crippen LogP contribution is -2.17. The van der Waals surface area contributed by atoms with Crippen LogP contribution in [0.25, 0.3) is 10.9 Å². The molecule has 6 nitrogen and oxygen atoms in total. The van der Waals surface area contributed by atoms with E-state index in [0.717, 1.165) is 41.7 Å². The second-order valence-corrected chi connectivity index (χ2v) is 5.70. The second kappa shape index (κ2) is 6.24. The molecule has 3 aromatic rings. The maximum Gasteiger partial charge on any atom is 0.277 e. The summed E-state index contributed by atoms with van der Waals surface area (Å²) in [5.41, 5.74) is 2.33. The largest absolute Gasteiger partial charge is 0.305 e. The molecule has 1 amide bonds. The highest BCUT2D eigenvalue weighted by Crippen LogP contribution is 2.20. The molecular formula is C17H21N5O. The number of amides is 1. The summed E-state index contributed by atoms with van der Waals surface area (Å²) in [6, 6.07) is 7.72. The van der Waals surface area contributed by atoms with E-state index in [9.17, 15) is 4.79 Å². The van der Waals surface area contributed by atoms with Crippen molar-refractivity contribution in [1.82, 2.24) is 19.6 Å². The number of anilines is 1. The van der Waals surface area contributed by atoms with Gasteiger partial charge in [-0.1, -0.05) is 31.5 Å². The van der Waals surface area contributed by atoms with Gasteiger partial charge < -0.3 is 5.32 Å². The zero-order valence-electron chi connectivity index (χ0n) is 13.7. The highest BCUT2D eigenvalue weighted by Gasteiger charge is 2.18. The predicted octanol–water partition coefficient (Wildman–Crippen LogP) is 3.13. The number of fused-ring (bicyclic) bond motifs is 1. The van der Waals surface area contributed by atoms with E-state index >= 15 is 0 Å². The lowest BCUT2D eigenvalue weighted by atomic mass is 10.2. The quantitative estimate of drug-likeness (QED) is 0.787. The molecule has 0 saturated heterocycles. The Balaban J connectivity index is 1.91. The number of carbonyl (C=O) groups is 1. The smallest absolute Gasteiger partial charge is 0.277 e. The van der Waals surface area contributed by atoms with Gasteiger partial charge in [-0.3, -0.25) is 9.48 Å². The number of nitrogens with zero attached hydrogens (tertiary/aromatic N) is 4. The van der Waals surface area contributed by atoms with Crippen LogP contribution in [0.5, 0.6) is 0 Å². The summed E-state index contributed by atoms with van der Waals surface area (Å²) < 4.78 is 3.58. The molecule has 0 radical (unpaired) electrons. The van der Waals surface area contributed by atoms with Crippen molar-refractivity contribution in [2.45, 2.75) is 33.2 Å². The SMILES string of the molecule is CCCCn1ncc(C)c1NC(=O)c1nn(C)c2ccccc12. The Hall–Kier alpha value is -2.63. The molecule has 1 N–H and O–H groups in total. The molecule has 0 unspecified atom stereocenters. The molecule has 2 heterocycles. The number of rotatable bonds is 5. The summed E-state index contributed by atoms with van der Waals surface area (Å²) >= 11 is 0. The summed E-state index contributed by atoms with van der Waals surface area (Å²) in [5.74, 6) is 0.543. The van der Waals surface area contributed by atoms with Crippen LogP contribution in [0.15, 0.2) is 30.5 Å². The van der Waals surface area contributed by atoms with E-state index in [1.807, 2.05) is 42.9 Å². The number of hydrogen-bond acceptors (Lipinski definition) is 3. The Morgan fingerprint density at radius 2 is 2.09 bits per heavy atom. The number of unbranched alkanes of at least 4 members (excludes halogenated alkanes) is 1. The maximum absolute atomic E-state index is 12.7. The topological polar surface area (TPSA) is 64.7 Å². The summed E-state index contributed by atoms with van der Waals surface area (Å²) in [4.78, 5) is 12.7. The van der Waals surface area contributed by atoms with Gasteiger partial charge in [-0.25, -0.2) is 4.68 Å². The molecule has 0 aliphatic rings. The number of carbonyl (C=O) groups excluding carboxylic acids is 1. The highest BCUT2D eigenvalue weighted by molar-refractivity contribution is 6.11. The Morgan fingerprint density at radius 1 is 1.30 bits per heavy atom. The van der Waals surface area contributed by atoms with Gasteiger partial charge in [0.1, 0.15) is 5.82 Å². The van der Waals surface area contributed by atoms with Crippen molar-refractivity contribution < 1.29 is 4.79 Å². The molecule has 6 heteroatoms. The van der Waals surface area contributed by atoms with Gasteiger partial charge in [-0.05, 0) is 19.4 Å². The molecule has 2 aromatic heterocycles. The predicted molar refractivity (Wildman–Crippen MR) is 90.5 cm³/mol. The maximum atomic E-state index is 12.7. The van der Waals surface area contributed by atoms with Crippen molar-refractivity contribution in [3.63, 3.8) is 0 Å². The van der Waals surface area contributed by atoms with Gasteiger partial charge in [-0.2, -0.15) is 10.2 Å². The minimum atomic E-state index is -0.205. The van der Waals surface area contributed by atoms with Crippen molar-refractivity contribution in [1.29, 1.82) is 0 Å². The summed E-state index contributed by atoms with van der Waals surface area (Å²) in [6.07, 6.45) is 3.88. The van der Waals surface area contributed by atoms with E-state index in [1.165, 1.54) is 0 Å². The van der Waals surface area contributed by atoms with Gasteiger partial charge in [-0.15, -0.1) is 0 Å². The molecule has 120 valence electrons. The Bertz CT molecular complexity index is 846. The van der Waals surface area contributed by atoms with Crippen LogP contribution in [0.4, 0.5) is 5.82 Å². The van der Waals surface area contributed by atoms with E-state index in [1.54, 1.807) is 10.9 Å². The van der Waals surface area contributed by atoms with Crippen molar-refractivity contribution in [2.75, 3.05) is 5.32 Å². The first-order valence-corrected chi connectivity index (χ1v) is 7.87. The average molecular weight is 311 g/mol. The van der Waals surface area contributed by atoms with Crippen molar-refractivity contribution in [2.24, 2.45) is 7.05 Å². The van der Waals surface area contributed by atoms with Gasteiger partial charge in [0, 0.05) is 24.5 Å². The van der Waals surface area contributed by atoms with Crippen LogP contribution in [-0.2, 0) is 13.6 Å². The van der Waals surface area contributed by atoms with Gasteiger partial charge in [0.25, 0.3) is 5.91 Å². The van der Waals surface area contributed by atoms with Crippen LogP contribution in [-0.4, -0.2) is 25.5 Å². The molecule has 0 aliphatic carbocycles. The van der Waals surface area contributed by atoms with Gasteiger partial charge in [0.05, 0.1) is 11.7 Å². The summed E-state index contributed by atoms with van der Waals surface area (Å²) in [6.45, 7) is 4.87. The van der Waals surface area contributed by atoms with Crippen LogP contribution in [0.2, 0.25) is 0 Å². The first kappa shape index (κ1) is 15.3. The number of hydrogen-bond donors (Lipinski definition) is 1. The number of aromatic nitrogens is 4. The van der Waals surface area contributed by atoms with Crippen LogP contribution in [0, 0.1) is 6.92 Å². The monoisotopic (exact) mass is 311 g/mol. The fourth-order valence-corrected chi connectivity index (χ4v) is 2.67. The highest BCUT2D eigenvalue weighted by atomic mass is 16.2. The van der Waals surface area contributed by atoms with Gasteiger partial charge in [0.2, 0.25) is 0 Å². The molecule has 1 aromatic carbocycles. The zero-order chi connectivity index (χ0) is 16.4. The van der Waals surface area contributed by atoms with Crippen LogP contribution < -0.4 is 5.32 Å². The van der Waals surface area contributed by atoms with E-state index in [-0.39, 0.29) is 5.91 Å². The Kier molecular flexibility index (Phi) is 4.14. The first-order valence-electron chi connectivity index (χ1n) is 7.87. The van der Waals surface area contributed by atoms with Crippen LogP contribution in [0.1, 0.15) is 35.8 Å². The lowest BCUT2D eigenvalue weighted by molar-refractivity contribution is 0.102. The zero-order valence-corrected chi connectivity index (χ0v) is 13.7. The summed E-state index contributed by atoms with van der Waals surface area (Å²) in [5, 5.41) is 12.5. The number of benzene rings is 1. The number of para-hydroxylation sites is 1. The standard InChI is InChI=1S/C17H21N5O/c1-4-5-10-22-16(12(2)11-18-22)19-17(23)15-13-8-6-7-9-14(13)21(3)20-15/h6-9,11H,4-5,10H2,1-3H3,(H,19,23). The molecule has 3 rings (SSSR count). The molecule has 0 saturated carbocycles. The molecular weight excluding hydrogens is 290 g/mol. The normalized spacial score (nSPS) is 11.1. The number of aryl methyl sites for hydroxylation is 3. The van der Waals surface area contributed by atoms with Crippen LogP contribution in [0.3, 0.4) is 0 Å². The third-order valence-electron chi connectivity index (χ3n) is 3.95. The number of nitrogens with one attached hydrogen (secondary N) is 1. The van der Waals surface area contributed by atoms with Crippen LogP contribution >= 0.6 is 0 Å². The van der Waals surface area contributed by atoms with Crippen molar-refractivity contribution in [3.05, 3.63) is 41.7 Å². The minimum Gasteiger partial charge on any atom is -0.305 e. The first-order chi connectivity index (χ1) is 11.1. The molecule has 0 fully saturated rings. The molecule has 23 heavy (non-hydrogen) atoms. The Morgan fingerprint density at radius 3 is 2.87 bits per heavy atom. The fourth-order valence-electron chi connectivity index (χ4n) is 2.67. The van der Waals surface area contributed by atoms with E-state index in [0.29, 0.717) is 5.69 Å². The molecule has 0 bridgehead atoms. The second-order valence-electron chi connectivity index (χ2n) is 5.70. The molecule has 0 aliphatic heterocycles. The third kappa shape index (κ3) is 2.84. The average Bonchev–Trinajstić information content (AvgIpc) is 3.07. The molecule has 0 spiro atoms. The summed E-state index contributed by atoms with van der Waals surface area (Å²) in [7, 11) is 1.84. The van der Waals surface area contributed by atoms with Gasteiger partial charge >= 0.3 is 0 Å². The van der Waals surface area contributed by atoms with Gasteiger partial charge in [0.15, 0.2) is 5.69 Å². The minimum absolute atomic E-state index is 0.205. The Labute approximate surface area is 135 Å².